The third-order valence-corrected chi connectivity index (χ3v) is 13.4. The van der Waals surface area contributed by atoms with Gasteiger partial charge in [0.2, 0.25) is 7.28 Å². The average Bonchev–Trinajstić information content (AvgIpc) is 3.50. The van der Waals surface area contributed by atoms with Gasteiger partial charge in [-0.2, -0.15) is 8.42 Å². The van der Waals surface area contributed by atoms with E-state index in [1.807, 2.05) is 68.3 Å². The number of hydrogen-bond donors (Lipinski definition) is 0. The van der Waals surface area contributed by atoms with Gasteiger partial charge >= 0.3 is 0 Å². The summed E-state index contributed by atoms with van der Waals surface area (Å²) in [6.07, 6.45) is 0. The number of halogens is 2. The number of furan rings is 1. The zero-order chi connectivity index (χ0) is 30.6. The second kappa shape index (κ2) is 11.1. The number of sulfonamides is 1. The van der Waals surface area contributed by atoms with Crippen LogP contribution in [0, 0.1) is 6.92 Å². The van der Waals surface area contributed by atoms with Crippen molar-refractivity contribution >= 4 is 71.1 Å². The zero-order valence-electron chi connectivity index (χ0n) is 24.0. The molecule has 0 saturated carbocycles. The number of nitrogens with zero attached hydrogens (tertiary/aromatic N) is 2. The second-order valence-electron chi connectivity index (χ2n) is 11.0. The summed E-state index contributed by atoms with van der Waals surface area (Å²) in [6, 6.07) is 29.9. The molecule has 0 fully saturated rings. The first kappa shape index (κ1) is 29.9. The molecule has 1 aromatic heterocycles. The Labute approximate surface area is 268 Å². The van der Waals surface area contributed by atoms with Gasteiger partial charge in [-0.1, -0.05) is 78.3 Å². The second-order valence-corrected chi connectivity index (χ2v) is 16.9. The van der Waals surface area contributed by atoms with Crippen molar-refractivity contribution in [1.29, 1.82) is 0 Å². The van der Waals surface area contributed by atoms with Crippen molar-refractivity contribution in [3.63, 3.8) is 0 Å². The highest BCUT2D eigenvalue weighted by atomic mass is 79.9. The molecule has 6 rings (SSSR count). The standard InChI is InChI=1S/C33H29Br2N2O4PS/c1-22-13-18-32(40-22)42(41-30-17-15-25(34)20-28(30)35,21-31-33(2,3)27-11-7-8-12-29(27)37(31)4)36-43(38,39)26-16-14-23-9-5-6-10-24(23)19-26/h5-21H,1-4H3/b31-21-. The van der Waals surface area contributed by atoms with Crippen LogP contribution < -0.4 is 14.9 Å². The van der Waals surface area contributed by atoms with Gasteiger partial charge in [0, 0.05) is 34.1 Å². The molecule has 4 aromatic carbocycles. The minimum atomic E-state index is -4.25. The van der Waals surface area contributed by atoms with Gasteiger partial charge in [0.05, 0.1) is 9.37 Å². The number of allylic oxidation sites excluding steroid dienone is 1. The van der Waals surface area contributed by atoms with Crippen molar-refractivity contribution in [1.82, 2.24) is 0 Å². The third kappa shape index (κ3) is 5.53. The number of hydrogen-bond acceptors (Lipinski definition) is 5. The summed E-state index contributed by atoms with van der Waals surface area (Å²) >= 11 is 7.11. The van der Waals surface area contributed by atoms with Gasteiger partial charge in [-0.15, -0.1) is 4.15 Å². The molecular formula is C33H29Br2N2O4PS. The Balaban J connectivity index is 1.67. The van der Waals surface area contributed by atoms with Crippen molar-refractivity contribution < 1.29 is 17.4 Å². The van der Waals surface area contributed by atoms with E-state index in [9.17, 15) is 8.42 Å². The number of aryl methyl sites for hydroxylation is 1. The summed E-state index contributed by atoms with van der Waals surface area (Å²) in [4.78, 5) is 2.16. The van der Waals surface area contributed by atoms with E-state index in [0.717, 1.165) is 32.2 Å². The van der Waals surface area contributed by atoms with E-state index in [0.29, 0.717) is 21.5 Å². The lowest BCUT2D eigenvalue weighted by Gasteiger charge is -2.28. The molecule has 0 bridgehead atoms. The largest absolute Gasteiger partial charge is 0.456 e. The lowest BCUT2D eigenvalue weighted by atomic mass is 9.84. The molecule has 43 heavy (non-hydrogen) atoms. The van der Waals surface area contributed by atoms with Gasteiger partial charge in [-0.25, -0.2) is 0 Å². The van der Waals surface area contributed by atoms with Crippen LogP contribution >= 0.6 is 39.1 Å². The highest BCUT2D eigenvalue weighted by molar-refractivity contribution is 9.11. The molecule has 0 N–H and O–H groups in total. The Kier molecular flexibility index (Phi) is 7.74. The minimum absolute atomic E-state index is 0.0815. The van der Waals surface area contributed by atoms with Crippen molar-refractivity contribution in [3.05, 3.63) is 129 Å². The number of anilines is 1. The Bertz CT molecular complexity index is 2090. The van der Waals surface area contributed by atoms with Crippen LogP contribution in [0.5, 0.6) is 5.75 Å². The van der Waals surface area contributed by atoms with Gasteiger partial charge in [0.1, 0.15) is 11.5 Å². The van der Waals surface area contributed by atoms with E-state index in [1.54, 1.807) is 36.4 Å². The van der Waals surface area contributed by atoms with Crippen LogP contribution in [0.3, 0.4) is 0 Å². The predicted octanol–water partition coefficient (Wildman–Crippen LogP) is 9.74. The number of benzene rings is 4. The number of likely N-dealkylation sites (N-methyl/N-ethyl adjacent to an activating group) is 1. The summed E-state index contributed by atoms with van der Waals surface area (Å²) < 4.78 is 47.9. The monoisotopic (exact) mass is 738 g/mol. The van der Waals surface area contributed by atoms with Crippen LogP contribution in [0.4, 0.5) is 5.69 Å². The maximum Gasteiger partial charge on any atom is 0.284 e. The van der Waals surface area contributed by atoms with Crippen molar-refractivity contribution in [2.45, 2.75) is 31.1 Å². The molecule has 1 aliphatic heterocycles. The lowest BCUT2D eigenvalue weighted by Crippen LogP contribution is -2.24. The van der Waals surface area contributed by atoms with E-state index < -0.39 is 22.7 Å². The zero-order valence-corrected chi connectivity index (χ0v) is 28.8. The molecule has 10 heteroatoms. The van der Waals surface area contributed by atoms with E-state index in [1.165, 1.54) is 0 Å². The molecule has 0 amide bonds. The molecule has 1 aliphatic rings. The van der Waals surface area contributed by atoms with Crippen molar-refractivity contribution in [2.24, 2.45) is 4.15 Å². The molecule has 6 nitrogen and oxygen atoms in total. The Morgan fingerprint density at radius 1 is 0.907 bits per heavy atom. The average molecular weight is 740 g/mol. The van der Waals surface area contributed by atoms with Crippen LogP contribution in [0.2, 0.25) is 0 Å². The van der Waals surface area contributed by atoms with Gasteiger partial charge in [0.15, 0.2) is 5.50 Å². The maximum atomic E-state index is 14.3. The highest BCUT2D eigenvalue weighted by Gasteiger charge is 2.42. The third-order valence-electron chi connectivity index (χ3n) is 7.66. The van der Waals surface area contributed by atoms with Crippen LogP contribution in [0.1, 0.15) is 25.2 Å². The van der Waals surface area contributed by atoms with E-state index in [-0.39, 0.29) is 4.90 Å². The maximum absolute atomic E-state index is 14.3. The molecule has 1 unspecified atom stereocenters. The Morgan fingerprint density at radius 2 is 1.63 bits per heavy atom. The normalized spacial score (nSPS) is 16.7. The highest BCUT2D eigenvalue weighted by Crippen LogP contribution is 2.59. The summed E-state index contributed by atoms with van der Waals surface area (Å²) in [6.45, 7) is 6.06. The van der Waals surface area contributed by atoms with Crippen LogP contribution in [0.25, 0.3) is 10.8 Å². The van der Waals surface area contributed by atoms with E-state index >= 15 is 0 Å². The number of rotatable bonds is 6. The topological polar surface area (TPSA) is 72.1 Å². The number of para-hydroxylation sites is 1. The smallest absolute Gasteiger partial charge is 0.284 e. The Hall–Kier alpha value is -3.10. The molecule has 5 aromatic rings. The fraction of sp³-hybridized carbons (Fsp3) is 0.152. The lowest BCUT2D eigenvalue weighted by molar-refractivity contribution is 0.546. The molecule has 0 aliphatic carbocycles. The fourth-order valence-electron chi connectivity index (χ4n) is 5.44. The predicted molar refractivity (Wildman–Crippen MR) is 182 cm³/mol. The van der Waals surface area contributed by atoms with E-state index in [4.69, 9.17) is 13.1 Å². The van der Waals surface area contributed by atoms with Crippen LogP contribution in [-0.2, 0) is 15.4 Å². The molecule has 220 valence electrons. The summed E-state index contributed by atoms with van der Waals surface area (Å²) in [7, 11) is -5.88. The van der Waals surface area contributed by atoms with Gasteiger partial charge in [0.25, 0.3) is 10.0 Å². The first-order valence-corrected chi connectivity index (χ1v) is 18.3. The SMILES string of the molecule is Cc1ccc(P(/C=C2\N(C)c3ccccc3C2(C)C)(=NS(=O)(=O)c2ccc3ccccc3c2)Oc2ccc(Br)cc2Br)o1. The van der Waals surface area contributed by atoms with Crippen molar-refractivity contribution in [3.8, 4) is 5.75 Å². The molecule has 1 atom stereocenters. The van der Waals surface area contributed by atoms with Gasteiger partial charge in [-0.3, -0.25) is 0 Å². The first-order valence-electron chi connectivity index (χ1n) is 13.5. The van der Waals surface area contributed by atoms with Gasteiger partial charge in [-0.05, 0) is 87.7 Å². The van der Waals surface area contributed by atoms with E-state index in [2.05, 4.69) is 62.7 Å². The molecule has 0 radical (unpaired) electrons. The molecule has 2 heterocycles. The fourth-order valence-corrected chi connectivity index (χ4v) is 11.6. The molecule has 0 saturated heterocycles. The minimum Gasteiger partial charge on any atom is -0.456 e. The summed E-state index contributed by atoms with van der Waals surface area (Å²) in [5.74, 6) is 2.95. The van der Waals surface area contributed by atoms with Crippen molar-refractivity contribution in [2.75, 3.05) is 11.9 Å². The summed E-state index contributed by atoms with van der Waals surface area (Å²) in [5.41, 5.74) is 2.90. The number of fused-ring (bicyclic) bond motifs is 2. The quantitative estimate of drug-likeness (QED) is 0.162. The summed E-state index contributed by atoms with van der Waals surface area (Å²) in [5, 5.41) is 1.74. The van der Waals surface area contributed by atoms with Crippen LogP contribution in [-0.4, -0.2) is 15.5 Å². The molecule has 0 spiro atoms. The first-order chi connectivity index (χ1) is 20.4. The molecular weight excluding hydrogens is 711 g/mol. The Morgan fingerprint density at radius 3 is 2.33 bits per heavy atom. The van der Waals surface area contributed by atoms with Gasteiger partial charge < -0.3 is 13.8 Å². The van der Waals surface area contributed by atoms with Crippen LogP contribution in [0.15, 0.2) is 131 Å².